The van der Waals surface area contributed by atoms with Gasteiger partial charge in [0, 0.05) is 24.7 Å². The largest absolute Gasteiger partial charge is 0.394 e. The zero-order chi connectivity index (χ0) is 19.3. The number of aliphatic hydroxyl groups is 1. The topological polar surface area (TPSA) is 68.2 Å². The molecule has 1 heterocycles. The van der Waals surface area contributed by atoms with Crippen LogP contribution in [0.1, 0.15) is 59.1 Å². The fourth-order valence-corrected chi connectivity index (χ4v) is 3.12. The molecule has 150 valence electrons. The summed E-state index contributed by atoms with van der Waals surface area (Å²) < 4.78 is 1.96. The molecule has 0 amide bonds. The monoisotopic (exact) mass is 392 g/mol. The molecule has 0 fully saturated rings. The van der Waals surface area contributed by atoms with E-state index in [0.29, 0.717) is 12.8 Å². The van der Waals surface area contributed by atoms with Gasteiger partial charge in [-0.2, -0.15) is 0 Å². The Morgan fingerprint density at radius 1 is 1.15 bits per heavy atom. The Morgan fingerprint density at radius 2 is 1.85 bits per heavy atom. The van der Waals surface area contributed by atoms with Crippen LogP contribution < -0.4 is 5.73 Å². The Hall–Kier alpha value is -1.62. The Kier molecular flexibility index (Phi) is 8.73. The zero-order valence-electron chi connectivity index (χ0n) is 16.9. The molecule has 0 saturated carbocycles. The van der Waals surface area contributed by atoms with Crippen LogP contribution in [-0.2, 0) is 19.9 Å². The van der Waals surface area contributed by atoms with Crippen LogP contribution in [0.4, 0.5) is 0 Å². The van der Waals surface area contributed by atoms with E-state index in [4.69, 9.17) is 5.73 Å². The smallest absolute Gasteiger partial charge is 0.179 e. The van der Waals surface area contributed by atoms with Gasteiger partial charge in [-0.25, -0.2) is 0 Å². The first-order chi connectivity index (χ1) is 12.2. The van der Waals surface area contributed by atoms with Crippen molar-refractivity contribution < 1.29 is 9.90 Å². The number of nitrogens with two attached hydrogens (primary N) is 1. The normalized spacial score (nSPS) is 13.1. The average molecular weight is 393 g/mol. The predicted molar refractivity (Wildman–Crippen MR) is 114 cm³/mol. The number of aliphatic hydroxyl groups excluding tert-OH is 1. The van der Waals surface area contributed by atoms with Crippen molar-refractivity contribution in [1.29, 1.82) is 0 Å². The number of Topliss-reactive ketones (excluding diaryl/α,β-unsaturated/α-hetero) is 1. The van der Waals surface area contributed by atoms with Crippen molar-refractivity contribution in [2.24, 2.45) is 12.8 Å². The van der Waals surface area contributed by atoms with Gasteiger partial charge < -0.3 is 15.4 Å². The van der Waals surface area contributed by atoms with E-state index in [9.17, 15) is 9.90 Å². The number of nitrogens with zero attached hydrogens (tertiary/aromatic N) is 1. The predicted octanol–water partition coefficient (Wildman–Crippen LogP) is 3.91. The van der Waals surface area contributed by atoms with Gasteiger partial charge in [0.05, 0.1) is 12.3 Å². The average Bonchev–Trinajstić information content (AvgIpc) is 2.97. The summed E-state index contributed by atoms with van der Waals surface area (Å²) in [7, 11) is 1.93. The minimum Gasteiger partial charge on any atom is -0.394 e. The SMILES string of the molecule is Cc1ccc(CCCC(=O)c2ccc(CC[C@@](C)(N)CO)n2C)cc1C.Cl. The summed E-state index contributed by atoms with van der Waals surface area (Å²) >= 11 is 0. The Morgan fingerprint density at radius 3 is 2.48 bits per heavy atom. The third-order valence-corrected chi connectivity index (χ3v) is 5.27. The maximum Gasteiger partial charge on any atom is 0.179 e. The number of hydrogen-bond donors (Lipinski definition) is 2. The van der Waals surface area contributed by atoms with Gasteiger partial charge in [0.25, 0.3) is 0 Å². The number of carbonyl (C=O) groups excluding carboxylic acids is 1. The lowest BCUT2D eigenvalue weighted by Crippen LogP contribution is -2.40. The van der Waals surface area contributed by atoms with E-state index >= 15 is 0 Å². The maximum absolute atomic E-state index is 12.6. The Labute approximate surface area is 169 Å². The van der Waals surface area contributed by atoms with Gasteiger partial charge in [-0.3, -0.25) is 4.79 Å². The summed E-state index contributed by atoms with van der Waals surface area (Å²) in [5, 5.41) is 9.27. The number of halogens is 1. The fourth-order valence-electron chi connectivity index (χ4n) is 3.12. The van der Waals surface area contributed by atoms with Crippen molar-refractivity contribution in [1.82, 2.24) is 4.57 Å². The molecule has 0 saturated heterocycles. The molecule has 2 aromatic rings. The second-order valence-corrected chi connectivity index (χ2v) is 7.78. The molecule has 4 nitrogen and oxygen atoms in total. The van der Waals surface area contributed by atoms with Crippen molar-refractivity contribution in [3.8, 4) is 0 Å². The summed E-state index contributed by atoms with van der Waals surface area (Å²) in [6.07, 6.45) is 3.76. The molecule has 2 rings (SSSR count). The van der Waals surface area contributed by atoms with E-state index in [1.807, 2.05) is 30.7 Å². The van der Waals surface area contributed by atoms with Crippen LogP contribution in [0.25, 0.3) is 0 Å². The molecule has 0 aliphatic carbocycles. The minimum absolute atomic E-state index is 0. The van der Waals surface area contributed by atoms with Gasteiger partial charge in [-0.15, -0.1) is 12.4 Å². The van der Waals surface area contributed by atoms with Crippen LogP contribution in [0, 0.1) is 13.8 Å². The highest BCUT2D eigenvalue weighted by atomic mass is 35.5. The first kappa shape index (κ1) is 23.4. The van der Waals surface area contributed by atoms with Crippen molar-refractivity contribution in [3.63, 3.8) is 0 Å². The van der Waals surface area contributed by atoms with E-state index in [0.717, 1.165) is 30.7 Å². The highest BCUT2D eigenvalue weighted by Gasteiger charge is 2.19. The summed E-state index contributed by atoms with van der Waals surface area (Å²) in [6, 6.07) is 10.4. The van der Waals surface area contributed by atoms with Gasteiger partial charge in [0.1, 0.15) is 0 Å². The van der Waals surface area contributed by atoms with E-state index in [-0.39, 0.29) is 24.8 Å². The van der Waals surface area contributed by atoms with Gasteiger partial charge in [-0.1, -0.05) is 18.2 Å². The van der Waals surface area contributed by atoms with Crippen LogP contribution in [0.15, 0.2) is 30.3 Å². The van der Waals surface area contributed by atoms with Gasteiger partial charge in [-0.05, 0) is 75.3 Å². The Bertz CT molecular complexity index is 766. The van der Waals surface area contributed by atoms with E-state index in [1.54, 1.807) is 0 Å². The third kappa shape index (κ3) is 6.49. The molecule has 0 radical (unpaired) electrons. The molecular weight excluding hydrogens is 360 g/mol. The Balaban J connectivity index is 0.00000364. The lowest BCUT2D eigenvalue weighted by atomic mass is 9.97. The number of carbonyl (C=O) groups is 1. The first-order valence-electron chi connectivity index (χ1n) is 9.37. The van der Waals surface area contributed by atoms with E-state index in [2.05, 4.69) is 32.0 Å². The van der Waals surface area contributed by atoms with Crippen LogP contribution in [-0.4, -0.2) is 27.6 Å². The molecule has 0 aliphatic rings. The third-order valence-electron chi connectivity index (χ3n) is 5.27. The van der Waals surface area contributed by atoms with Crippen LogP contribution in [0.3, 0.4) is 0 Å². The van der Waals surface area contributed by atoms with Crippen LogP contribution >= 0.6 is 12.4 Å². The van der Waals surface area contributed by atoms with E-state index < -0.39 is 5.54 Å². The lowest BCUT2D eigenvalue weighted by Gasteiger charge is -2.21. The van der Waals surface area contributed by atoms with Gasteiger partial charge >= 0.3 is 0 Å². The second-order valence-electron chi connectivity index (χ2n) is 7.78. The summed E-state index contributed by atoms with van der Waals surface area (Å²) in [6.45, 7) is 6.04. The van der Waals surface area contributed by atoms with Crippen molar-refractivity contribution in [3.05, 3.63) is 58.4 Å². The fraction of sp³-hybridized carbons (Fsp3) is 0.500. The quantitative estimate of drug-likeness (QED) is 0.635. The molecule has 1 aromatic carbocycles. The molecule has 0 bridgehead atoms. The molecule has 0 unspecified atom stereocenters. The minimum atomic E-state index is -0.583. The second kappa shape index (κ2) is 10.1. The number of aryl methyl sites for hydroxylation is 4. The standard InChI is InChI=1S/C22H32N2O2.ClH/c1-16-8-9-18(14-17(16)2)6-5-7-21(26)20-11-10-19(24(20)4)12-13-22(3,23)15-25;/h8-11,14,25H,5-7,12-13,15,23H2,1-4H3;1H/t22-;/m1./s1. The zero-order valence-corrected chi connectivity index (χ0v) is 17.7. The van der Waals surface area contributed by atoms with Gasteiger partial charge in [0.15, 0.2) is 5.78 Å². The maximum atomic E-state index is 12.6. The van der Waals surface area contributed by atoms with E-state index in [1.165, 1.54) is 16.7 Å². The highest BCUT2D eigenvalue weighted by molar-refractivity contribution is 5.94. The van der Waals surface area contributed by atoms with Crippen molar-refractivity contribution in [2.45, 2.75) is 58.4 Å². The van der Waals surface area contributed by atoms with Crippen molar-refractivity contribution in [2.75, 3.05) is 6.61 Å². The summed E-state index contributed by atoms with van der Waals surface area (Å²) in [4.78, 5) is 12.6. The lowest BCUT2D eigenvalue weighted by molar-refractivity contribution is 0.0972. The summed E-state index contributed by atoms with van der Waals surface area (Å²) in [5.41, 5.74) is 11.1. The molecule has 5 heteroatoms. The molecular formula is C22H33ClN2O2. The summed E-state index contributed by atoms with van der Waals surface area (Å²) in [5.74, 6) is 0.181. The number of aromatic nitrogens is 1. The number of ketones is 1. The van der Waals surface area contributed by atoms with Crippen molar-refractivity contribution >= 4 is 18.2 Å². The highest BCUT2D eigenvalue weighted by Crippen LogP contribution is 2.17. The molecule has 1 aromatic heterocycles. The number of benzene rings is 1. The molecule has 1 atom stereocenters. The molecule has 27 heavy (non-hydrogen) atoms. The molecule has 0 spiro atoms. The molecule has 0 aliphatic heterocycles. The molecule has 3 N–H and O–H groups in total. The number of hydrogen-bond acceptors (Lipinski definition) is 3. The number of rotatable bonds is 9. The first-order valence-corrected chi connectivity index (χ1v) is 9.37. The van der Waals surface area contributed by atoms with Crippen LogP contribution in [0.2, 0.25) is 0 Å². The van der Waals surface area contributed by atoms with Gasteiger partial charge in [0.2, 0.25) is 0 Å². The van der Waals surface area contributed by atoms with Crippen LogP contribution in [0.5, 0.6) is 0 Å².